The van der Waals surface area contributed by atoms with Crippen LogP contribution < -0.4 is 0 Å². The van der Waals surface area contributed by atoms with E-state index >= 15 is 0 Å². The fraction of sp³-hybridized carbons (Fsp3) is 0.600. The van der Waals surface area contributed by atoms with Crippen molar-refractivity contribution in [2.45, 2.75) is 17.6 Å². The summed E-state index contributed by atoms with van der Waals surface area (Å²) in [7, 11) is -1.57. The van der Waals surface area contributed by atoms with Crippen molar-refractivity contribution >= 4 is 15.7 Å². The second kappa shape index (κ2) is 5.62. The molecule has 22 heavy (non-hydrogen) atoms. The second-order valence-corrected chi connectivity index (χ2v) is 8.52. The summed E-state index contributed by atoms with van der Waals surface area (Å²) in [6.07, 6.45) is 2.49. The van der Waals surface area contributed by atoms with Crippen molar-refractivity contribution in [3.8, 4) is 0 Å². The predicted molar refractivity (Wildman–Crippen MR) is 81.0 cm³/mol. The third-order valence-corrected chi connectivity index (χ3v) is 7.40. The van der Waals surface area contributed by atoms with Gasteiger partial charge in [0.15, 0.2) is 9.84 Å². The average molecular weight is 324 g/mol. The molecule has 3 rings (SSSR count). The second-order valence-electron chi connectivity index (χ2n) is 6.07. The lowest BCUT2D eigenvalue weighted by Gasteiger charge is -2.49. The van der Waals surface area contributed by atoms with E-state index in [-0.39, 0.29) is 37.1 Å². The van der Waals surface area contributed by atoms with E-state index < -0.39 is 14.6 Å². The molecule has 0 saturated carbocycles. The van der Waals surface area contributed by atoms with Crippen LogP contribution in [-0.4, -0.2) is 61.5 Å². The van der Waals surface area contributed by atoms with Gasteiger partial charge in [-0.15, -0.1) is 0 Å². The molecule has 1 aromatic rings. The number of ether oxygens (including phenoxy) is 1. The van der Waals surface area contributed by atoms with Crippen molar-refractivity contribution in [3.63, 3.8) is 0 Å². The lowest BCUT2D eigenvalue weighted by Crippen LogP contribution is -2.69. The third kappa shape index (κ3) is 2.42. The van der Waals surface area contributed by atoms with E-state index in [1.807, 2.05) is 6.07 Å². The van der Waals surface area contributed by atoms with Crippen LogP contribution in [0.3, 0.4) is 0 Å². The first-order chi connectivity index (χ1) is 10.5. The Morgan fingerprint density at radius 2 is 2.23 bits per heavy atom. The molecular formula is C15H20N2O4S. The molecule has 2 saturated heterocycles. The number of rotatable bonds is 4. The highest BCUT2D eigenvalue weighted by atomic mass is 32.2. The van der Waals surface area contributed by atoms with Crippen molar-refractivity contribution in [3.05, 3.63) is 30.1 Å². The van der Waals surface area contributed by atoms with Gasteiger partial charge in [0.05, 0.1) is 18.8 Å². The number of hydrogen-bond donors (Lipinski definition) is 0. The van der Waals surface area contributed by atoms with Crippen molar-refractivity contribution in [2.24, 2.45) is 5.92 Å². The van der Waals surface area contributed by atoms with Crippen LogP contribution >= 0.6 is 0 Å². The highest BCUT2D eigenvalue weighted by Gasteiger charge is 2.62. The van der Waals surface area contributed by atoms with Crippen LogP contribution in [0.5, 0.6) is 0 Å². The topological polar surface area (TPSA) is 76.6 Å². The minimum atomic E-state index is -3.15. The lowest BCUT2D eigenvalue weighted by molar-refractivity contribution is -0.137. The van der Waals surface area contributed by atoms with Gasteiger partial charge in [0.25, 0.3) is 0 Å². The van der Waals surface area contributed by atoms with Gasteiger partial charge in [-0.25, -0.2) is 8.42 Å². The van der Waals surface area contributed by atoms with Crippen LogP contribution in [0, 0.1) is 5.92 Å². The number of amides is 1. The van der Waals surface area contributed by atoms with Crippen molar-refractivity contribution in [1.82, 2.24) is 9.88 Å². The van der Waals surface area contributed by atoms with Crippen LogP contribution in [0.2, 0.25) is 0 Å². The van der Waals surface area contributed by atoms with Gasteiger partial charge in [0, 0.05) is 38.0 Å². The summed E-state index contributed by atoms with van der Waals surface area (Å²) in [6.45, 7) is 1.01. The van der Waals surface area contributed by atoms with Crippen LogP contribution in [-0.2, 0) is 25.8 Å². The first-order valence-corrected chi connectivity index (χ1v) is 9.03. The number of sulfone groups is 1. The molecule has 0 radical (unpaired) electrons. The molecule has 6 nitrogen and oxygen atoms in total. The molecule has 0 aromatic carbocycles. The standard InChI is InChI=1S/C15H20N2O4S/c1-21-9-12-5-7-22(19,20)15(12)10-17(11-15)14(18)8-13-4-2-3-6-16-13/h2-4,6,12H,5,7-11H2,1H3/t12-/m1/s1. The molecule has 0 unspecified atom stereocenters. The highest BCUT2D eigenvalue weighted by Crippen LogP contribution is 2.44. The summed E-state index contributed by atoms with van der Waals surface area (Å²) in [6, 6.07) is 5.43. The Kier molecular flexibility index (Phi) is 3.94. The molecule has 1 aromatic heterocycles. The third-order valence-electron chi connectivity index (χ3n) is 4.79. The molecule has 0 N–H and O–H groups in total. The molecule has 2 aliphatic rings. The highest BCUT2D eigenvalue weighted by molar-refractivity contribution is 7.93. The molecule has 3 heterocycles. The first-order valence-electron chi connectivity index (χ1n) is 7.37. The molecule has 0 aliphatic carbocycles. The minimum absolute atomic E-state index is 0.0126. The molecule has 7 heteroatoms. The largest absolute Gasteiger partial charge is 0.384 e. The van der Waals surface area contributed by atoms with E-state index in [0.29, 0.717) is 18.7 Å². The van der Waals surface area contributed by atoms with Gasteiger partial charge in [-0.05, 0) is 18.6 Å². The summed E-state index contributed by atoms with van der Waals surface area (Å²) in [5.74, 6) is 0.118. The summed E-state index contributed by atoms with van der Waals surface area (Å²) < 4.78 is 29.1. The van der Waals surface area contributed by atoms with Gasteiger partial charge >= 0.3 is 0 Å². The Labute approximate surface area is 130 Å². The number of hydrogen-bond acceptors (Lipinski definition) is 5. The van der Waals surface area contributed by atoms with Gasteiger partial charge in [-0.1, -0.05) is 6.07 Å². The number of pyridine rings is 1. The van der Waals surface area contributed by atoms with E-state index in [1.165, 1.54) is 0 Å². The zero-order valence-electron chi connectivity index (χ0n) is 12.6. The molecule has 2 fully saturated rings. The molecular weight excluding hydrogens is 304 g/mol. The van der Waals surface area contributed by atoms with E-state index in [4.69, 9.17) is 4.74 Å². The number of nitrogens with zero attached hydrogens (tertiary/aromatic N) is 2. The van der Waals surface area contributed by atoms with Crippen LogP contribution in [0.4, 0.5) is 0 Å². The van der Waals surface area contributed by atoms with Gasteiger partial charge in [-0.3, -0.25) is 9.78 Å². The van der Waals surface area contributed by atoms with E-state index in [9.17, 15) is 13.2 Å². The summed E-state index contributed by atoms with van der Waals surface area (Å²) in [4.78, 5) is 18.0. The maximum atomic E-state index is 12.4. The Morgan fingerprint density at radius 3 is 2.86 bits per heavy atom. The Balaban J connectivity index is 1.68. The van der Waals surface area contributed by atoms with Gasteiger partial charge < -0.3 is 9.64 Å². The molecule has 1 atom stereocenters. The maximum absolute atomic E-state index is 12.4. The number of likely N-dealkylation sites (tertiary alicyclic amines) is 1. The fourth-order valence-electron chi connectivity index (χ4n) is 3.45. The first kappa shape index (κ1) is 15.4. The molecule has 1 amide bonds. The van der Waals surface area contributed by atoms with Crippen LogP contribution in [0.1, 0.15) is 12.1 Å². The van der Waals surface area contributed by atoms with Crippen molar-refractivity contribution in [1.29, 1.82) is 0 Å². The molecule has 0 bridgehead atoms. The maximum Gasteiger partial charge on any atom is 0.228 e. The number of carbonyl (C=O) groups excluding carboxylic acids is 1. The normalized spacial score (nSPS) is 25.1. The predicted octanol–water partition coefficient (Wildman–Crippen LogP) is 0.286. The number of aromatic nitrogens is 1. The van der Waals surface area contributed by atoms with E-state index in [2.05, 4.69) is 4.98 Å². The van der Waals surface area contributed by atoms with Crippen molar-refractivity contribution < 1.29 is 17.9 Å². The minimum Gasteiger partial charge on any atom is -0.384 e. The smallest absolute Gasteiger partial charge is 0.228 e. The average Bonchev–Trinajstić information content (AvgIpc) is 2.70. The SMILES string of the molecule is COC[C@H]1CCS(=O)(=O)C12CN(C(=O)Cc1ccccn1)C2. The monoisotopic (exact) mass is 324 g/mol. The summed E-state index contributed by atoms with van der Waals surface area (Å²) in [5.41, 5.74) is 0.705. The number of methoxy groups -OCH3 is 1. The fourth-order valence-corrected chi connectivity index (χ4v) is 5.85. The van der Waals surface area contributed by atoms with Crippen LogP contribution in [0.15, 0.2) is 24.4 Å². The summed E-state index contributed by atoms with van der Waals surface area (Å²) >= 11 is 0. The quantitative estimate of drug-likeness (QED) is 0.795. The van der Waals surface area contributed by atoms with E-state index in [1.54, 1.807) is 30.3 Å². The molecule has 2 aliphatic heterocycles. The molecule has 1 spiro atoms. The summed E-state index contributed by atoms with van der Waals surface area (Å²) in [5, 5.41) is 0. The zero-order valence-corrected chi connectivity index (χ0v) is 13.4. The Hall–Kier alpha value is -1.47. The van der Waals surface area contributed by atoms with Gasteiger partial charge in [0.1, 0.15) is 4.75 Å². The Bertz CT molecular complexity index is 653. The number of carbonyl (C=O) groups is 1. The van der Waals surface area contributed by atoms with E-state index in [0.717, 1.165) is 0 Å². The van der Waals surface area contributed by atoms with Crippen LogP contribution in [0.25, 0.3) is 0 Å². The zero-order chi connectivity index (χ0) is 15.8. The Morgan fingerprint density at radius 1 is 1.45 bits per heavy atom. The van der Waals surface area contributed by atoms with Gasteiger partial charge in [0.2, 0.25) is 5.91 Å². The lowest BCUT2D eigenvalue weighted by atomic mass is 9.83. The van der Waals surface area contributed by atoms with Gasteiger partial charge in [-0.2, -0.15) is 0 Å². The molecule has 120 valence electrons. The van der Waals surface area contributed by atoms with Crippen molar-refractivity contribution in [2.75, 3.05) is 32.6 Å².